The number of carbonyl (C=O) groups is 1. The van der Waals surface area contributed by atoms with Crippen LogP contribution in [0.2, 0.25) is 0 Å². The van der Waals surface area contributed by atoms with E-state index < -0.39 is 11.9 Å². The van der Waals surface area contributed by atoms with E-state index in [-0.39, 0.29) is 5.41 Å². The lowest BCUT2D eigenvalue weighted by Crippen LogP contribution is -2.16. The summed E-state index contributed by atoms with van der Waals surface area (Å²) in [5.41, 5.74) is 1.65. The average molecular weight is 210 g/mol. The van der Waals surface area contributed by atoms with Gasteiger partial charge in [0, 0.05) is 18.2 Å². The summed E-state index contributed by atoms with van der Waals surface area (Å²) in [6.07, 6.45) is 0. The highest BCUT2D eigenvalue weighted by molar-refractivity contribution is 5.74. The number of rotatable bonds is 2. The number of carboxylic acid groups (broad SMARTS) is 1. The zero-order valence-corrected chi connectivity index (χ0v) is 9.90. The van der Waals surface area contributed by atoms with E-state index in [0.29, 0.717) is 5.69 Å². The Morgan fingerprint density at radius 3 is 2.40 bits per heavy atom. The molecule has 84 valence electrons. The fraction of sp³-hybridized carbons (Fsp3) is 0.636. The Morgan fingerprint density at radius 2 is 2.07 bits per heavy atom. The van der Waals surface area contributed by atoms with Crippen LogP contribution in [0.3, 0.4) is 0 Å². The van der Waals surface area contributed by atoms with Gasteiger partial charge in [-0.3, -0.25) is 9.48 Å². The molecule has 0 bridgehead atoms. The lowest BCUT2D eigenvalue weighted by molar-refractivity contribution is -0.138. The van der Waals surface area contributed by atoms with Crippen molar-refractivity contribution >= 4 is 5.97 Å². The van der Waals surface area contributed by atoms with Crippen LogP contribution in [0.25, 0.3) is 0 Å². The van der Waals surface area contributed by atoms with Gasteiger partial charge < -0.3 is 5.11 Å². The minimum atomic E-state index is -0.839. The molecule has 0 aliphatic heterocycles. The molecule has 1 aromatic heterocycles. The van der Waals surface area contributed by atoms with Crippen LogP contribution in [0.15, 0.2) is 6.07 Å². The molecule has 0 radical (unpaired) electrons. The standard InChI is InChI=1S/C11H18N2O2/c1-7(10(14)15)8-6-9(11(2,3)4)13(5)12-8/h6-7H,1-5H3,(H,14,15). The number of aryl methyl sites for hydroxylation is 1. The van der Waals surface area contributed by atoms with E-state index in [2.05, 4.69) is 25.9 Å². The smallest absolute Gasteiger partial charge is 0.312 e. The first-order valence-electron chi connectivity index (χ1n) is 5.00. The Balaban J connectivity index is 3.11. The van der Waals surface area contributed by atoms with Crippen molar-refractivity contribution in [2.45, 2.75) is 39.0 Å². The Labute approximate surface area is 89.9 Å². The molecule has 1 aromatic rings. The van der Waals surface area contributed by atoms with Crippen LogP contribution in [0.4, 0.5) is 0 Å². The molecule has 0 aliphatic carbocycles. The van der Waals surface area contributed by atoms with Gasteiger partial charge in [-0.15, -0.1) is 0 Å². The van der Waals surface area contributed by atoms with Crippen molar-refractivity contribution in [3.8, 4) is 0 Å². The van der Waals surface area contributed by atoms with E-state index >= 15 is 0 Å². The molecule has 0 saturated heterocycles. The lowest BCUT2D eigenvalue weighted by atomic mass is 9.91. The molecule has 1 heterocycles. The van der Waals surface area contributed by atoms with E-state index in [1.807, 2.05) is 13.1 Å². The maximum absolute atomic E-state index is 10.8. The molecule has 4 nitrogen and oxygen atoms in total. The molecule has 0 aromatic carbocycles. The largest absolute Gasteiger partial charge is 0.481 e. The van der Waals surface area contributed by atoms with Crippen molar-refractivity contribution in [3.63, 3.8) is 0 Å². The van der Waals surface area contributed by atoms with Gasteiger partial charge in [0.2, 0.25) is 0 Å². The molecule has 0 saturated carbocycles. The molecule has 1 atom stereocenters. The van der Waals surface area contributed by atoms with Crippen molar-refractivity contribution in [3.05, 3.63) is 17.5 Å². The predicted octanol–water partition coefficient (Wildman–Crippen LogP) is 1.91. The summed E-state index contributed by atoms with van der Waals surface area (Å²) in [5, 5.41) is 13.1. The molecule has 1 rings (SSSR count). The maximum Gasteiger partial charge on any atom is 0.312 e. The average Bonchev–Trinajstić information content (AvgIpc) is 2.44. The maximum atomic E-state index is 10.8. The van der Waals surface area contributed by atoms with Crippen molar-refractivity contribution in [2.24, 2.45) is 7.05 Å². The van der Waals surface area contributed by atoms with E-state index in [1.165, 1.54) is 0 Å². The summed E-state index contributed by atoms with van der Waals surface area (Å²) in [5.74, 6) is -1.39. The molecule has 0 amide bonds. The van der Waals surface area contributed by atoms with E-state index in [1.54, 1.807) is 11.6 Å². The molecule has 0 spiro atoms. The van der Waals surface area contributed by atoms with Gasteiger partial charge in [-0.25, -0.2) is 0 Å². The molecular formula is C11H18N2O2. The van der Waals surface area contributed by atoms with Crippen LogP contribution in [-0.2, 0) is 17.3 Å². The summed E-state index contributed by atoms with van der Waals surface area (Å²) in [6.45, 7) is 7.90. The monoisotopic (exact) mass is 210 g/mol. The van der Waals surface area contributed by atoms with Crippen LogP contribution in [0.5, 0.6) is 0 Å². The van der Waals surface area contributed by atoms with Gasteiger partial charge in [0.1, 0.15) is 0 Å². The second-order valence-corrected chi connectivity index (χ2v) is 4.89. The number of nitrogens with zero attached hydrogens (tertiary/aromatic N) is 2. The van der Waals surface area contributed by atoms with Gasteiger partial charge in [-0.05, 0) is 13.0 Å². The highest BCUT2D eigenvalue weighted by atomic mass is 16.4. The SMILES string of the molecule is CC(C(=O)O)c1cc(C(C)(C)C)n(C)n1. The highest BCUT2D eigenvalue weighted by Crippen LogP contribution is 2.25. The van der Waals surface area contributed by atoms with Crippen LogP contribution < -0.4 is 0 Å². The normalized spacial score (nSPS) is 13.9. The van der Waals surface area contributed by atoms with Crippen LogP contribution in [-0.4, -0.2) is 20.9 Å². The number of aliphatic carboxylic acids is 1. The van der Waals surface area contributed by atoms with Crippen molar-refractivity contribution in [1.29, 1.82) is 0 Å². The molecule has 0 aliphatic rings. The third-order valence-corrected chi connectivity index (χ3v) is 2.48. The fourth-order valence-corrected chi connectivity index (χ4v) is 1.53. The zero-order valence-electron chi connectivity index (χ0n) is 9.90. The Morgan fingerprint density at radius 1 is 1.53 bits per heavy atom. The Kier molecular flexibility index (Phi) is 2.88. The van der Waals surface area contributed by atoms with Gasteiger partial charge in [-0.2, -0.15) is 5.10 Å². The summed E-state index contributed by atoms with van der Waals surface area (Å²) in [6, 6.07) is 1.87. The summed E-state index contributed by atoms with van der Waals surface area (Å²) in [4.78, 5) is 10.8. The number of hydrogen-bond donors (Lipinski definition) is 1. The van der Waals surface area contributed by atoms with Crippen LogP contribution in [0.1, 0.15) is 45.0 Å². The summed E-state index contributed by atoms with van der Waals surface area (Å²) < 4.78 is 1.76. The van der Waals surface area contributed by atoms with Gasteiger partial charge in [0.05, 0.1) is 11.6 Å². The molecule has 0 fully saturated rings. The first-order chi connectivity index (χ1) is 6.73. The second kappa shape index (κ2) is 3.68. The third kappa shape index (κ3) is 2.37. The third-order valence-electron chi connectivity index (χ3n) is 2.48. The first kappa shape index (κ1) is 11.8. The minimum absolute atomic E-state index is 0.0157. The lowest BCUT2D eigenvalue weighted by Gasteiger charge is -2.17. The van der Waals surface area contributed by atoms with Crippen LogP contribution in [0, 0.1) is 0 Å². The number of aromatic nitrogens is 2. The Bertz CT molecular complexity index is 374. The van der Waals surface area contributed by atoms with Crippen molar-refractivity contribution in [2.75, 3.05) is 0 Å². The Hall–Kier alpha value is -1.32. The predicted molar refractivity (Wildman–Crippen MR) is 58.0 cm³/mol. The highest BCUT2D eigenvalue weighted by Gasteiger charge is 2.23. The number of carboxylic acids is 1. The van der Waals surface area contributed by atoms with Gasteiger partial charge >= 0.3 is 5.97 Å². The summed E-state index contributed by atoms with van der Waals surface area (Å²) in [7, 11) is 1.85. The quantitative estimate of drug-likeness (QED) is 0.811. The van der Waals surface area contributed by atoms with Gasteiger partial charge in [0.15, 0.2) is 0 Å². The molecule has 4 heteroatoms. The van der Waals surface area contributed by atoms with Gasteiger partial charge in [-0.1, -0.05) is 20.8 Å². The zero-order chi connectivity index (χ0) is 11.8. The fourth-order valence-electron chi connectivity index (χ4n) is 1.53. The van der Waals surface area contributed by atoms with E-state index in [0.717, 1.165) is 5.69 Å². The van der Waals surface area contributed by atoms with E-state index in [4.69, 9.17) is 5.11 Å². The van der Waals surface area contributed by atoms with Crippen molar-refractivity contribution < 1.29 is 9.90 Å². The summed E-state index contributed by atoms with van der Waals surface area (Å²) >= 11 is 0. The van der Waals surface area contributed by atoms with Gasteiger partial charge in [0.25, 0.3) is 0 Å². The minimum Gasteiger partial charge on any atom is -0.481 e. The molecular weight excluding hydrogens is 192 g/mol. The second-order valence-electron chi connectivity index (χ2n) is 4.89. The molecule has 15 heavy (non-hydrogen) atoms. The number of hydrogen-bond acceptors (Lipinski definition) is 2. The van der Waals surface area contributed by atoms with Crippen LogP contribution >= 0.6 is 0 Å². The topological polar surface area (TPSA) is 55.1 Å². The molecule has 1 unspecified atom stereocenters. The molecule has 1 N–H and O–H groups in total. The van der Waals surface area contributed by atoms with Crippen molar-refractivity contribution in [1.82, 2.24) is 9.78 Å². The first-order valence-corrected chi connectivity index (χ1v) is 5.00. The van der Waals surface area contributed by atoms with E-state index in [9.17, 15) is 4.79 Å².